The summed E-state index contributed by atoms with van der Waals surface area (Å²) in [7, 11) is 0. The van der Waals surface area contributed by atoms with Gasteiger partial charge >= 0.3 is 0 Å². The van der Waals surface area contributed by atoms with Crippen LogP contribution in [-0.4, -0.2) is 6.10 Å². The number of hydrogen-bond donors (Lipinski definition) is 0. The molecular weight excluding hydrogens is 186 g/mol. The van der Waals surface area contributed by atoms with Gasteiger partial charge in [-0.2, -0.15) is 4.57 Å². The number of benzene rings is 1. The summed E-state index contributed by atoms with van der Waals surface area (Å²) in [5, 5.41) is 1.25. The van der Waals surface area contributed by atoms with Crippen molar-refractivity contribution >= 4 is 10.9 Å². The SMILES string of the molecule is CCC1C[n+]2cccc3cccc(c32)O1. The number of pyridine rings is 1. The minimum absolute atomic E-state index is 0.315. The van der Waals surface area contributed by atoms with Gasteiger partial charge in [-0.1, -0.05) is 13.0 Å². The second kappa shape index (κ2) is 3.23. The second-order valence-corrected chi connectivity index (χ2v) is 4.00. The molecule has 1 unspecified atom stereocenters. The summed E-state index contributed by atoms with van der Waals surface area (Å²) in [6.07, 6.45) is 3.50. The first kappa shape index (κ1) is 8.72. The zero-order valence-electron chi connectivity index (χ0n) is 8.81. The van der Waals surface area contributed by atoms with E-state index in [0.29, 0.717) is 6.10 Å². The molecule has 0 saturated carbocycles. The smallest absolute Gasteiger partial charge is 0.255 e. The molecule has 1 aliphatic rings. The van der Waals surface area contributed by atoms with Crippen molar-refractivity contribution in [3.05, 3.63) is 36.5 Å². The van der Waals surface area contributed by atoms with Gasteiger partial charge in [0, 0.05) is 6.07 Å². The monoisotopic (exact) mass is 200 g/mol. The van der Waals surface area contributed by atoms with Crippen LogP contribution in [0.5, 0.6) is 5.75 Å². The lowest BCUT2D eigenvalue weighted by Crippen LogP contribution is -2.45. The lowest BCUT2D eigenvalue weighted by molar-refractivity contribution is -0.682. The summed E-state index contributed by atoms with van der Waals surface area (Å²) < 4.78 is 8.23. The third-order valence-electron chi connectivity index (χ3n) is 3.01. The van der Waals surface area contributed by atoms with Crippen LogP contribution in [0.25, 0.3) is 10.9 Å². The zero-order chi connectivity index (χ0) is 10.3. The molecule has 2 nitrogen and oxygen atoms in total. The second-order valence-electron chi connectivity index (χ2n) is 4.00. The van der Waals surface area contributed by atoms with Crippen LogP contribution in [0.4, 0.5) is 0 Å². The van der Waals surface area contributed by atoms with E-state index in [1.165, 1.54) is 10.9 Å². The van der Waals surface area contributed by atoms with Crippen LogP contribution in [0, 0.1) is 0 Å². The molecule has 0 fully saturated rings. The predicted molar refractivity (Wildman–Crippen MR) is 58.9 cm³/mol. The van der Waals surface area contributed by atoms with Gasteiger partial charge in [0.05, 0.1) is 5.39 Å². The Morgan fingerprint density at radius 1 is 1.33 bits per heavy atom. The number of nitrogens with zero attached hydrogens (tertiary/aromatic N) is 1. The maximum Gasteiger partial charge on any atom is 0.255 e. The standard InChI is InChI=1S/C13H14NO/c1-2-11-9-14-8-4-6-10-5-3-7-12(15-11)13(10)14/h3-8,11H,2,9H2,1H3/q+1. The molecule has 2 heteroatoms. The van der Waals surface area contributed by atoms with E-state index in [1.54, 1.807) is 0 Å². The number of rotatable bonds is 1. The Morgan fingerprint density at radius 3 is 3.07 bits per heavy atom. The average molecular weight is 200 g/mol. The van der Waals surface area contributed by atoms with Crippen molar-refractivity contribution < 1.29 is 9.30 Å². The van der Waals surface area contributed by atoms with Gasteiger partial charge in [-0.3, -0.25) is 0 Å². The van der Waals surface area contributed by atoms with E-state index in [9.17, 15) is 0 Å². The average Bonchev–Trinajstić information content (AvgIpc) is 2.29. The largest absolute Gasteiger partial charge is 0.477 e. The minimum Gasteiger partial charge on any atom is -0.477 e. The van der Waals surface area contributed by atoms with Crippen LogP contribution in [0.1, 0.15) is 13.3 Å². The Bertz CT molecular complexity index is 466. The number of aromatic nitrogens is 1. The molecule has 2 heterocycles. The highest BCUT2D eigenvalue weighted by atomic mass is 16.5. The molecular formula is C13H14NO+. The van der Waals surface area contributed by atoms with Gasteiger partial charge in [0.2, 0.25) is 0 Å². The minimum atomic E-state index is 0.315. The van der Waals surface area contributed by atoms with Crippen molar-refractivity contribution in [2.24, 2.45) is 0 Å². The predicted octanol–water partition coefficient (Wildman–Crippen LogP) is 2.30. The highest BCUT2D eigenvalue weighted by Crippen LogP contribution is 2.26. The van der Waals surface area contributed by atoms with Gasteiger partial charge < -0.3 is 4.74 Å². The van der Waals surface area contributed by atoms with Gasteiger partial charge in [-0.25, -0.2) is 0 Å². The molecule has 1 aromatic heterocycles. The molecule has 15 heavy (non-hydrogen) atoms. The number of para-hydroxylation sites is 1. The normalized spacial score (nSPS) is 18.9. The van der Waals surface area contributed by atoms with Crippen molar-refractivity contribution in [3.8, 4) is 5.75 Å². The summed E-state index contributed by atoms with van der Waals surface area (Å²) in [6, 6.07) is 10.5. The maximum absolute atomic E-state index is 5.93. The molecule has 1 aliphatic heterocycles. The third kappa shape index (κ3) is 1.29. The third-order valence-corrected chi connectivity index (χ3v) is 3.01. The van der Waals surface area contributed by atoms with E-state index in [4.69, 9.17) is 4.74 Å². The van der Waals surface area contributed by atoms with Crippen LogP contribution in [0.3, 0.4) is 0 Å². The fourth-order valence-electron chi connectivity index (χ4n) is 2.20. The Kier molecular flexibility index (Phi) is 1.88. The molecule has 3 rings (SSSR count). The van der Waals surface area contributed by atoms with Gasteiger partial charge in [-0.05, 0) is 24.6 Å². The maximum atomic E-state index is 5.93. The Labute approximate surface area is 89.1 Å². The lowest BCUT2D eigenvalue weighted by atomic mass is 10.1. The summed E-state index contributed by atoms with van der Waals surface area (Å²) in [5.74, 6) is 1.02. The van der Waals surface area contributed by atoms with Crippen LogP contribution < -0.4 is 9.30 Å². The topological polar surface area (TPSA) is 13.1 Å². The molecule has 0 bridgehead atoms. The van der Waals surface area contributed by atoms with E-state index in [2.05, 4.69) is 48.0 Å². The van der Waals surface area contributed by atoms with Crippen molar-refractivity contribution in [1.29, 1.82) is 0 Å². The van der Waals surface area contributed by atoms with Crippen LogP contribution in [0.15, 0.2) is 36.5 Å². The van der Waals surface area contributed by atoms with Crippen LogP contribution in [0.2, 0.25) is 0 Å². The Hall–Kier alpha value is -1.57. The van der Waals surface area contributed by atoms with E-state index >= 15 is 0 Å². The summed E-state index contributed by atoms with van der Waals surface area (Å²) in [5.41, 5.74) is 1.23. The van der Waals surface area contributed by atoms with Gasteiger partial charge in [-0.15, -0.1) is 0 Å². The molecule has 0 aliphatic carbocycles. The number of hydrogen-bond acceptors (Lipinski definition) is 1. The van der Waals surface area contributed by atoms with Crippen molar-refractivity contribution in [1.82, 2.24) is 0 Å². The Morgan fingerprint density at radius 2 is 2.20 bits per heavy atom. The van der Waals surface area contributed by atoms with E-state index in [1.807, 2.05) is 0 Å². The zero-order valence-corrected chi connectivity index (χ0v) is 8.81. The quantitative estimate of drug-likeness (QED) is 0.644. The van der Waals surface area contributed by atoms with Crippen LogP contribution in [-0.2, 0) is 6.54 Å². The summed E-state index contributed by atoms with van der Waals surface area (Å²) in [6.45, 7) is 3.13. The first-order valence-corrected chi connectivity index (χ1v) is 5.46. The van der Waals surface area contributed by atoms with E-state index in [0.717, 1.165) is 18.7 Å². The number of ether oxygens (including phenoxy) is 1. The molecule has 2 aromatic rings. The molecule has 1 atom stereocenters. The molecule has 0 N–H and O–H groups in total. The van der Waals surface area contributed by atoms with Crippen molar-refractivity contribution in [2.45, 2.75) is 26.0 Å². The molecule has 0 spiro atoms. The van der Waals surface area contributed by atoms with Crippen molar-refractivity contribution in [2.75, 3.05) is 0 Å². The van der Waals surface area contributed by atoms with Gasteiger partial charge in [0.15, 0.2) is 24.6 Å². The van der Waals surface area contributed by atoms with Gasteiger partial charge in [0.1, 0.15) is 0 Å². The fraction of sp³-hybridized carbons (Fsp3) is 0.308. The highest BCUT2D eigenvalue weighted by Gasteiger charge is 2.25. The molecule has 0 amide bonds. The first-order valence-electron chi connectivity index (χ1n) is 5.46. The van der Waals surface area contributed by atoms with Crippen LogP contribution >= 0.6 is 0 Å². The molecule has 0 radical (unpaired) electrons. The Balaban J connectivity index is 2.27. The molecule has 76 valence electrons. The first-order chi connectivity index (χ1) is 7.38. The summed E-state index contributed by atoms with van der Waals surface area (Å²) >= 11 is 0. The summed E-state index contributed by atoms with van der Waals surface area (Å²) in [4.78, 5) is 0. The fourth-order valence-corrected chi connectivity index (χ4v) is 2.20. The molecule has 1 aromatic carbocycles. The van der Waals surface area contributed by atoms with E-state index < -0.39 is 0 Å². The highest BCUT2D eigenvalue weighted by molar-refractivity contribution is 5.81. The van der Waals surface area contributed by atoms with Crippen molar-refractivity contribution in [3.63, 3.8) is 0 Å². The van der Waals surface area contributed by atoms with Gasteiger partial charge in [0.25, 0.3) is 5.52 Å². The van der Waals surface area contributed by atoms with E-state index in [-0.39, 0.29) is 0 Å². The molecule has 0 saturated heterocycles. The lowest BCUT2D eigenvalue weighted by Gasteiger charge is -2.20.